The van der Waals surface area contributed by atoms with Gasteiger partial charge < -0.3 is 0 Å². The van der Waals surface area contributed by atoms with Gasteiger partial charge in [0.15, 0.2) is 0 Å². The summed E-state index contributed by atoms with van der Waals surface area (Å²) in [4.78, 5) is 9.85. The first-order valence-corrected chi connectivity index (χ1v) is 2.27. The van der Waals surface area contributed by atoms with E-state index in [1.807, 2.05) is 0 Å². The molecule has 0 aliphatic heterocycles. The summed E-state index contributed by atoms with van der Waals surface area (Å²) >= 11 is 1.44. The number of nitrogens with one attached hydrogen (secondary N) is 1. The molecule has 0 radical (unpaired) electrons. The van der Waals surface area contributed by atoms with E-state index in [1.54, 1.807) is 0 Å². The number of hydrogen-bond donors (Lipinski definition) is 1. The Morgan fingerprint density at radius 3 is 2.50 bits per heavy atom. The summed E-state index contributed by atoms with van der Waals surface area (Å²) in [6.07, 6.45) is -0.403. The van der Waals surface area contributed by atoms with Crippen LogP contribution in [0.25, 0.3) is 0 Å². The van der Waals surface area contributed by atoms with Gasteiger partial charge in [-0.05, 0) is 0 Å². The number of rotatable bonds is 0. The molecule has 35 valence electrons. The second-order valence-corrected chi connectivity index (χ2v) is 1.10. The fourth-order valence-corrected chi connectivity index (χ4v) is 0.247. The summed E-state index contributed by atoms with van der Waals surface area (Å²) in [6, 6.07) is 0. The van der Waals surface area contributed by atoms with E-state index in [9.17, 15) is 4.79 Å². The van der Waals surface area contributed by atoms with Crippen molar-refractivity contribution in [2.75, 3.05) is 7.11 Å². The van der Waals surface area contributed by atoms with Crippen molar-refractivity contribution in [2.45, 2.75) is 0 Å². The predicted molar refractivity (Wildman–Crippen MR) is 15.5 cm³/mol. The Morgan fingerprint density at radius 2 is 2.50 bits per heavy atom. The average molecular weight is 170 g/mol. The van der Waals surface area contributed by atoms with Crippen LogP contribution < -0.4 is 3.88 Å². The fourth-order valence-electron chi connectivity index (χ4n) is 0.0417. The molecular weight excluding hydrogens is 166 g/mol. The molecule has 6 heavy (non-hydrogen) atoms. The Balaban J connectivity index is 2.99. The van der Waals surface area contributed by atoms with E-state index in [2.05, 4.69) is 8.61 Å². The number of hydrogen-bond acceptors (Lipinski definition) is 2. The van der Waals surface area contributed by atoms with Crippen LogP contribution in [-0.2, 0) is 24.8 Å². The van der Waals surface area contributed by atoms with Gasteiger partial charge in [0.25, 0.3) is 0 Å². The van der Waals surface area contributed by atoms with Gasteiger partial charge in [0.1, 0.15) is 0 Å². The summed E-state index contributed by atoms with van der Waals surface area (Å²) in [6.45, 7) is 0. The van der Waals surface area contributed by atoms with E-state index in [0.717, 1.165) is 0 Å². The van der Waals surface area contributed by atoms with Crippen LogP contribution in [0.4, 0.5) is 4.79 Å². The van der Waals surface area contributed by atoms with Crippen LogP contribution in [0, 0.1) is 0 Å². The van der Waals surface area contributed by atoms with Gasteiger partial charge in [0, 0.05) is 0 Å². The zero-order valence-electron chi connectivity index (χ0n) is 3.22. The maximum absolute atomic E-state index is 9.85. The second kappa shape index (κ2) is 3.16. The predicted octanol–water partition coefficient (Wildman–Crippen LogP) is -0.196. The summed E-state index contributed by atoms with van der Waals surface area (Å²) < 4.78 is 6.42. The van der Waals surface area contributed by atoms with E-state index < -0.39 is 6.09 Å². The maximum atomic E-state index is 9.85. The Kier molecular flexibility index (Phi) is 3.14. The summed E-state index contributed by atoms with van der Waals surface area (Å²) in [5.74, 6) is 0. The molecule has 0 aromatic carbocycles. The SMILES string of the molecule is COC(=O)[NH][Mo]. The first kappa shape index (κ1) is 5.96. The molecule has 1 N–H and O–H groups in total. The Hall–Kier alpha value is -0.0417. The van der Waals surface area contributed by atoms with Crippen LogP contribution in [0.2, 0.25) is 0 Å². The molecule has 0 heterocycles. The number of carbonyl (C=O) groups is 1. The number of carbonyl (C=O) groups excluding carboxylic acids is 1. The van der Waals surface area contributed by atoms with Gasteiger partial charge in [0.2, 0.25) is 0 Å². The van der Waals surface area contributed by atoms with Crippen LogP contribution >= 0.6 is 0 Å². The van der Waals surface area contributed by atoms with Crippen molar-refractivity contribution in [1.82, 2.24) is 3.88 Å². The molecule has 0 spiro atoms. The summed E-state index contributed by atoms with van der Waals surface area (Å²) in [5.41, 5.74) is 0. The fraction of sp³-hybridized carbons (Fsp3) is 0.500. The molecule has 3 nitrogen and oxygen atoms in total. The van der Waals surface area contributed by atoms with Crippen LogP contribution in [0.3, 0.4) is 0 Å². The van der Waals surface area contributed by atoms with E-state index in [0.29, 0.717) is 0 Å². The Morgan fingerprint density at radius 1 is 2.00 bits per heavy atom. The quantitative estimate of drug-likeness (QED) is 0.511. The standard InChI is InChI=1S/C2H5NO2.Mo/c1-5-2(3)4;/h1H3,(H2,3,4);/q;+1/p-1. The molecule has 1 amide bonds. The number of amides is 1. The third-order valence-corrected chi connectivity index (χ3v) is 0.678. The Bertz CT molecular complexity index is 49.5. The van der Waals surface area contributed by atoms with E-state index in [-0.39, 0.29) is 0 Å². The van der Waals surface area contributed by atoms with E-state index in [1.165, 1.54) is 27.2 Å². The van der Waals surface area contributed by atoms with Crippen molar-refractivity contribution in [2.24, 2.45) is 0 Å². The van der Waals surface area contributed by atoms with E-state index in [4.69, 9.17) is 0 Å². The van der Waals surface area contributed by atoms with Crippen LogP contribution in [-0.4, -0.2) is 13.2 Å². The van der Waals surface area contributed by atoms with Gasteiger partial charge in [0.05, 0.1) is 0 Å². The summed E-state index contributed by atoms with van der Waals surface area (Å²) in [7, 11) is 1.32. The molecule has 0 aromatic heterocycles. The number of ether oxygens (including phenoxy) is 1. The normalized spacial score (nSPS) is 6.83. The molecule has 0 saturated carbocycles. The molecule has 0 saturated heterocycles. The second-order valence-electron chi connectivity index (χ2n) is 0.594. The minimum absolute atomic E-state index is 0.403. The molecule has 4 heteroatoms. The van der Waals surface area contributed by atoms with Crippen LogP contribution in [0.15, 0.2) is 0 Å². The van der Waals surface area contributed by atoms with Gasteiger partial charge in [-0.3, -0.25) is 0 Å². The van der Waals surface area contributed by atoms with Crippen molar-refractivity contribution in [3.63, 3.8) is 0 Å². The molecule has 0 atom stereocenters. The van der Waals surface area contributed by atoms with Crippen molar-refractivity contribution in [3.8, 4) is 0 Å². The first-order chi connectivity index (χ1) is 2.81. The third-order valence-electron chi connectivity index (χ3n) is 0.269. The van der Waals surface area contributed by atoms with Crippen molar-refractivity contribution >= 4 is 6.09 Å². The topological polar surface area (TPSA) is 38.3 Å². The molecule has 0 unspecified atom stereocenters. The average Bonchev–Trinajstić information content (AvgIpc) is 1.65. The monoisotopic (exact) mass is 172 g/mol. The van der Waals surface area contributed by atoms with Crippen molar-refractivity contribution in [1.29, 1.82) is 0 Å². The van der Waals surface area contributed by atoms with Crippen molar-refractivity contribution < 1.29 is 29.6 Å². The summed E-state index contributed by atoms with van der Waals surface area (Å²) in [5, 5.41) is 0. The molecule has 0 fully saturated rings. The van der Waals surface area contributed by atoms with Gasteiger partial charge in [-0.15, -0.1) is 0 Å². The first-order valence-electron chi connectivity index (χ1n) is 1.27. The zero-order chi connectivity index (χ0) is 4.99. The number of methoxy groups -OCH3 is 1. The minimum atomic E-state index is -0.403. The van der Waals surface area contributed by atoms with Gasteiger partial charge >= 0.3 is 46.7 Å². The van der Waals surface area contributed by atoms with Crippen LogP contribution in [0.5, 0.6) is 0 Å². The third kappa shape index (κ3) is 2.21. The molecule has 0 aliphatic rings. The van der Waals surface area contributed by atoms with E-state index >= 15 is 0 Å². The van der Waals surface area contributed by atoms with Gasteiger partial charge in [-0.2, -0.15) is 0 Å². The van der Waals surface area contributed by atoms with Gasteiger partial charge in [-0.25, -0.2) is 0 Å². The van der Waals surface area contributed by atoms with Crippen LogP contribution in [0.1, 0.15) is 0 Å². The molecular formula is C2H4MoNO2. The molecule has 0 rings (SSSR count). The molecule has 0 aromatic rings. The molecule has 0 aliphatic carbocycles. The Labute approximate surface area is 47.2 Å². The zero-order valence-corrected chi connectivity index (χ0v) is 5.23. The van der Waals surface area contributed by atoms with Crippen molar-refractivity contribution in [3.05, 3.63) is 0 Å². The molecule has 0 bridgehead atoms. The van der Waals surface area contributed by atoms with Gasteiger partial charge in [-0.1, -0.05) is 0 Å².